The van der Waals surface area contributed by atoms with Crippen LogP contribution in [0.3, 0.4) is 0 Å². The van der Waals surface area contributed by atoms with Gasteiger partial charge in [0.15, 0.2) is 0 Å². The summed E-state index contributed by atoms with van der Waals surface area (Å²) in [5.74, 6) is 0.0942. The van der Waals surface area contributed by atoms with Gasteiger partial charge in [-0.3, -0.25) is 9.48 Å². The van der Waals surface area contributed by atoms with Gasteiger partial charge in [-0.25, -0.2) is 0 Å². The van der Waals surface area contributed by atoms with Crippen molar-refractivity contribution < 1.29 is 14.3 Å². The Labute approximate surface area is 146 Å². The highest BCUT2D eigenvalue weighted by Gasteiger charge is 2.38. The Morgan fingerprint density at radius 3 is 3.00 bits per heavy atom. The van der Waals surface area contributed by atoms with Gasteiger partial charge in [0.05, 0.1) is 36.4 Å². The second-order valence-corrected chi connectivity index (χ2v) is 6.91. The first-order valence-corrected chi connectivity index (χ1v) is 8.99. The molecule has 3 rings (SSSR count). The molecule has 1 fully saturated rings. The average Bonchev–Trinajstić information content (AvgIpc) is 3.30. The van der Waals surface area contributed by atoms with Crippen molar-refractivity contribution in [3.63, 3.8) is 0 Å². The lowest BCUT2D eigenvalue weighted by Gasteiger charge is -2.27. The van der Waals surface area contributed by atoms with E-state index in [1.807, 2.05) is 41.9 Å². The minimum Gasteiger partial charge on any atom is -0.382 e. The van der Waals surface area contributed by atoms with Crippen LogP contribution >= 0.6 is 11.3 Å². The van der Waals surface area contributed by atoms with Gasteiger partial charge in [0.25, 0.3) is 5.91 Å². The van der Waals surface area contributed by atoms with Crippen LogP contribution in [0.15, 0.2) is 29.9 Å². The summed E-state index contributed by atoms with van der Waals surface area (Å²) in [6.45, 7) is 1.83. The van der Waals surface area contributed by atoms with Crippen LogP contribution in [0.25, 0.3) is 0 Å². The summed E-state index contributed by atoms with van der Waals surface area (Å²) < 4.78 is 12.9. The molecule has 0 spiro atoms. The van der Waals surface area contributed by atoms with Crippen molar-refractivity contribution in [2.24, 2.45) is 7.05 Å². The van der Waals surface area contributed by atoms with E-state index in [2.05, 4.69) is 5.10 Å². The van der Waals surface area contributed by atoms with Gasteiger partial charge in [-0.2, -0.15) is 5.10 Å². The molecule has 0 bridgehead atoms. The molecule has 1 aliphatic rings. The molecule has 2 aromatic rings. The quantitative estimate of drug-likeness (QED) is 0.717. The molecule has 130 valence electrons. The zero-order chi connectivity index (χ0) is 16.9. The van der Waals surface area contributed by atoms with Gasteiger partial charge in [0, 0.05) is 26.9 Å². The molecule has 0 saturated carbocycles. The molecule has 0 N–H and O–H groups in total. The summed E-state index contributed by atoms with van der Waals surface area (Å²) in [6.07, 6.45) is 5.50. The molecular formula is C17H23N3O3S. The molecule has 3 heterocycles. The monoisotopic (exact) mass is 349 g/mol. The zero-order valence-corrected chi connectivity index (χ0v) is 14.9. The highest BCUT2D eigenvalue weighted by Crippen LogP contribution is 2.27. The molecule has 1 aliphatic heterocycles. The standard InChI is InChI=1S/C17H23N3O3S/c1-19-12-13(11-18-19)10-14-15(23-8-7-22-2)5-6-20(14)17(21)16-4-3-9-24-16/h3-4,9,11-12,14-15H,5-8,10H2,1-2H3/t14-,15+/m1/s1. The van der Waals surface area contributed by atoms with Gasteiger partial charge >= 0.3 is 0 Å². The predicted molar refractivity (Wildman–Crippen MR) is 92.3 cm³/mol. The van der Waals surface area contributed by atoms with Gasteiger partial charge in [0.2, 0.25) is 0 Å². The van der Waals surface area contributed by atoms with E-state index in [9.17, 15) is 4.79 Å². The Balaban J connectivity index is 1.75. The van der Waals surface area contributed by atoms with Crippen molar-refractivity contribution in [3.8, 4) is 0 Å². The summed E-state index contributed by atoms with van der Waals surface area (Å²) in [7, 11) is 3.57. The third-order valence-electron chi connectivity index (χ3n) is 4.30. The fourth-order valence-electron chi connectivity index (χ4n) is 3.16. The first-order valence-electron chi connectivity index (χ1n) is 8.11. The maximum absolute atomic E-state index is 12.8. The van der Waals surface area contributed by atoms with Gasteiger partial charge in [-0.15, -0.1) is 11.3 Å². The summed E-state index contributed by atoms with van der Waals surface area (Å²) in [4.78, 5) is 15.6. The van der Waals surface area contributed by atoms with E-state index in [1.165, 1.54) is 11.3 Å². The number of aromatic nitrogens is 2. The van der Waals surface area contributed by atoms with Gasteiger partial charge in [-0.05, 0) is 29.9 Å². The summed E-state index contributed by atoms with van der Waals surface area (Å²) in [6, 6.07) is 3.82. The molecule has 2 atom stereocenters. The van der Waals surface area contributed by atoms with Crippen molar-refractivity contribution in [3.05, 3.63) is 40.3 Å². The average molecular weight is 349 g/mol. The van der Waals surface area contributed by atoms with E-state index in [1.54, 1.807) is 11.8 Å². The van der Waals surface area contributed by atoms with Crippen LogP contribution in [0.4, 0.5) is 0 Å². The van der Waals surface area contributed by atoms with Gasteiger partial charge < -0.3 is 14.4 Å². The van der Waals surface area contributed by atoms with Crippen LogP contribution in [-0.2, 0) is 22.9 Å². The number of hydrogen-bond acceptors (Lipinski definition) is 5. The SMILES string of the molecule is COCCO[C@H]1CCN(C(=O)c2cccs2)[C@@H]1Cc1cnn(C)c1. The smallest absolute Gasteiger partial charge is 0.264 e. The molecule has 1 saturated heterocycles. The largest absolute Gasteiger partial charge is 0.382 e. The lowest BCUT2D eigenvalue weighted by Crippen LogP contribution is -2.42. The van der Waals surface area contributed by atoms with Crippen molar-refractivity contribution in [2.75, 3.05) is 26.9 Å². The molecule has 6 nitrogen and oxygen atoms in total. The Morgan fingerprint density at radius 1 is 1.46 bits per heavy atom. The second-order valence-electron chi connectivity index (χ2n) is 5.96. The molecule has 0 radical (unpaired) electrons. The highest BCUT2D eigenvalue weighted by atomic mass is 32.1. The van der Waals surface area contributed by atoms with Crippen LogP contribution in [0.5, 0.6) is 0 Å². The topological polar surface area (TPSA) is 56.6 Å². The third-order valence-corrected chi connectivity index (χ3v) is 5.16. The molecule has 2 aromatic heterocycles. The fourth-order valence-corrected chi connectivity index (χ4v) is 3.84. The van der Waals surface area contributed by atoms with E-state index in [0.717, 1.165) is 29.8 Å². The number of nitrogens with zero attached hydrogens (tertiary/aromatic N) is 3. The number of carbonyl (C=O) groups excluding carboxylic acids is 1. The Hall–Kier alpha value is -1.70. The highest BCUT2D eigenvalue weighted by molar-refractivity contribution is 7.12. The fraction of sp³-hybridized carbons (Fsp3) is 0.529. The number of rotatable bonds is 7. The number of carbonyl (C=O) groups is 1. The maximum Gasteiger partial charge on any atom is 0.264 e. The number of aryl methyl sites for hydroxylation is 1. The van der Waals surface area contributed by atoms with E-state index in [0.29, 0.717) is 13.2 Å². The molecule has 1 amide bonds. The molecule has 0 aliphatic carbocycles. The lowest BCUT2D eigenvalue weighted by molar-refractivity contribution is 0.000558. The first kappa shape index (κ1) is 17.1. The number of amides is 1. The zero-order valence-electron chi connectivity index (χ0n) is 14.1. The number of likely N-dealkylation sites (tertiary alicyclic amines) is 1. The van der Waals surface area contributed by atoms with Crippen molar-refractivity contribution in [1.29, 1.82) is 0 Å². The number of hydrogen-bond donors (Lipinski definition) is 0. The second kappa shape index (κ2) is 7.92. The summed E-state index contributed by atoms with van der Waals surface area (Å²) >= 11 is 1.48. The van der Waals surface area contributed by atoms with Gasteiger partial charge in [-0.1, -0.05) is 6.07 Å². The van der Waals surface area contributed by atoms with Crippen LogP contribution in [-0.4, -0.2) is 59.6 Å². The third kappa shape index (κ3) is 3.85. The first-order chi connectivity index (χ1) is 11.7. The maximum atomic E-state index is 12.8. The van der Waals surface area contributed by atoms with Gasteiger partial charge in [0.1, 0.15) is 0 Å². The summed E-state index contributed by atoms with van der Waals surface area (Å²) in [5, 5.41) is 6.17. The van der Waals surface area contributed by atoms with E-state index in [-0.39, 0.29) is 18.1 Å². The molecule has 7 heteroatoms. The Morgan fingerprint density at radius 2 is 2.33 bits per heavy atom. The molecule has 0 unspecified atom stereocenters. The summed E-state index contributed by atoms with van der Waals surface area (Å²) in [5.41, 5.74) is 1.12. The van der Waals surface area contributed by atoms with Crippen LogP contribution in [0.1, 0.15) is 21.7 Å². The van der Waals surface area contributed by atoms with Crippen LogP contribution in [0.2, 0.25) is 0 Å². The van der Waals surface area contributed by atoms with Crippen LogP contribution < -0.4 is 0 Å². The van der Waals surface area contributed by atoms with E-state index >= 15 is 0 Å². The van der Waals surface area contributed by atoms with E-state index < -0.39 is 0 Å². The normalized spacial score (nSPS) is 20.7. The minimum absolute atomic E-state index is 0.0284. The lowest BCUT2D eigenvalue weighted by atomic mass is 10.0. The Kier molecular flexibility index (Phi) is 5.65. The molecular weight excluding hydrogens is 326 g/mol. The molecule has 0 aromatic carbocycles. The number of ether oxygens (including phenoxy) is 2. The predicted octanol–water partition coefficient (Wildman–Crippen LogP) is 1.97. The van der Waals surface area contributed by atoms with Crippen LogP contribution in [0, 0.1) is 0 Å². The Bertz CT molecular complexity index is 656. The van der Waals surface area contributed by atoms with E-state index in [4.69, 9.17) is 9.47 Å². The number of thiophene rings is 1. The molecule has 24 heavy (non-hydrogen) atoms. The minimum atomic E-state index is 0.0284. The van der Waals surface area contributed by atoms with Crippen molar-refractivity contribution >= 4 is 17.2 Å². The van der Waals surface area contributed by atoms with Crippen molar-refractivity contribution in [2.45, 2.75) is 25.0 Å². The number of methoxy groups -OCH3 is 1. The van der Waals surface area contributed by atoms with Crippen molar-refractivity contribution in [1.82, 2.24) is 14.7 Å².